The maximum Gasteiger partial charge on any atom is 0.231 e. The Morgan fingerprint density at radius 1 is 1.07 bits per heavy atom. The summed E-state index contributed by atoms with van der Waals surface area (Å²) < 4.78 is 27.1. The summed E-state index contributed by atoms with van der Waals surface area (Å²) in [5.74, 6) is 2.10. The minimum atomic E-state index is -0.257. The van der Waals surface area contributed by atoms with Gasteiger partial charge in [-0.15, -0.1) is 0 Å². The molecule has 3 heterocycles. The monoisotopic (exact) mass is 381 g/mol. The lowest BCUT2D eigenvalue weighted by Crippen LogP contribution is -2.35. The van der Waals surface area contributed by atoms with Crippen molar-refractivity contribution in [3.8, 4) is 22.9 Å². The van der Waals surface area contributed by atoms with Crippen molar-refractivity contribution >= 4 is 11.0 Å². The van der Waals surface area contributed by atoms with Crippen LogP contribution in [0.3, 0.4) is 0 Å². The summed E-state index contributed by atoms with van der Waals surface area (Å²) in [6, 6.07) is 11.2. The molecule has 1 saturated heterocycles. The number of hydrogen-bond acceptors (Lipinski definition) is 4. The molecule has 6 heteroatoms. The summed E-state index contributed by atoms with van der Waals surface area (Å²) in [6.07, 6.45) is 3.32. The molecule has 28 heavy (non-hydrogen) atoms. The van der Waals surface area contributed by atoms with Gasteiger partial charge in [0.1, 0.15) is 11.6 Å². The number of likely N-dealkylation sites (tertiary alicyclic amines) is 1. The van der Waals surface area contributed by atoms with Crippen LogP contribution in [0.5, 0.6) is 11.5 Å². The average Bonchev–Trinajstić information content (AvgIpc) is 3.32. The van der Waals surface area contributed by atoms with E-state index in [0.29, 0.717) is 11.6 Å². The highest BCUT2D eigenvalue weighted by Gasteiger charge is 2.26. The minimum absolute atomic E-state index is 0.246. The first kappa shape index (κ1) is 17.5. The van der Waals surface area contributed by atoms with Gasteiger partial charge in [-0.3, -0.25) is 0 Å². The van der Waals surface area contributed by atoms with Gasteiger partial charge in [0.15, 0.2) is 11.5 Å². The van der Waals surface area contributed by atoms with E-state index in [1.165, 1.54) is 18.6 Å². The Bertz CT molecular complexity index is 1010. The highest BCUT2D eigenvalue weighted by Crippen LogP contribution is 2.38. The number of aromatic nitrogens is 2. The van der Waals surface area contributed by atoms with Crippen LogP contribution in [-0.2, 0) is 0 Å². The third kappa shape index (κ3) is 3.02. The minimum Gasteiger partial charge on any atom is -0.454 e. The van der Waals surface area contributed by atoms with Gasteiger partial charge in [-0.2, -0.15) is 0 Å². The largest absolute Gasteiger partial charge is 0.454 e. The number of fused-ring (bicyclic) bond motifs is 2. The van der Waals surface area contributed by atoms with Gasteiger partial charge in [0.2, 0.25) is 6.79 Å². The van der Waals surface area contributed by atoms with Gasteiger partial charge in [-0.1, -0.05) is 6.92 Å². The molecule has 5 nitrogen and oxygen atoms in total. The Morgan fingerprint density at radius 3 is 2.71 bits per heavy atom. The Hall–Kier alpha value is -2.60. The van der Waals surface area contributed by atoms with E-state index in [2.05, 4.69) is 16.4 Å². The Morgan fingerprint density at radius 2 is 1.89 bits per heavy atom. The first-order valence-electron chi connectivity index (χ1n) is 10.0. The van der Waals surface area contributed by atoms with Crippen molar-refractivity contribution in [2.45, 2.75) is 32.2 Å². The molecule has 0 spiro atoms. The lowest BCUT2D eigenvalue weighted by atomic mass is 10.0. The summed E-state index contributed by atoms with van der Waals surface area (Å²) in [6.45, 7) is 5.79. The molecule has 2 aliphatic heterocycles. The highest BCUT2D eigenvalue weighted by molar-refractivity contribution is 5.81. The van der Waals surface area contributed by atoms with Crippen LogP contribution in [0.4, 0.5) is 4.39 Å². The fraction of sp³-hybridized carbons (Fsp3) is 0.409. The molecular weight excluding hydrogens is 357 g/mol. The summed E-state index contributed by atoms with van der Waals surface area (Å²) >= 11 is 0. The van der Waals surface area contributed by atoms with Crippen LogP contribution in [0, 0.1) is 5.82 Å². The van der Waals surface area contributed by atoms with Crippen LogP contribution >= 0.6 is 0 Å². The van der Waals surface area contributed by atoms with Crippen LogP contribution < -0.4 is 9.47 Å². The van der Waals surface area contributed by atoms with Crippen molar-refractivity contribution in [3.63, 3.8) is 0 Å². The molecule has 2 aromatic carbocycles. The molecule has 0 aliphatic carbocycles. The van der Waals surface area contributed by atoms with Gasteiger partial charge in [0, 0.05) is 30.8 Å². The zero-order chi connectivity index (χ0) is 19.1. The van der Waals surface area contributed by atoms with Gasteiger partial charge in [-0.05, 0) is 56.1 Å². The van der Waals surface area contributed by atoms with Crippen molar-refractivity contribution in [2.24, 2.45) is 0 Å². The average molecular weight is 381 g/mol. The maximum atomic E-state index is 13.8. The fourth-order valence-corrected chi connectivity index (χ4v) is 4.40. The van der Waals surface area contributed by atoms with E-state index in [9.17, 15) is 4.39 Å². The van der Waals surface area contributed by atoms with Crippen molar-refractivity contribution in [1.82, 2.24) is 14.5 Å². The van der Waals surface area contributed by atoms with E-state index >= 15 is 0 Å². The second-order valence-electron chi connectivity index (χ2n) is 7.58. The lowest BCUT2D eigenvalue weighted by molar-refractivity contribution is 0.174. The predicted molar refractivity (Wildman–Crippen MR) is 106 cm³/mol. The highest BCUT2D eigenvalue weighted by atomic mass is 19.1. The summed E-state index contributed by atoms with van der Waals surface area (Å²) in [7, 11) is 0. The van der Waals surface area contributed by atoms with Gasteiger partial charge < -0.3 is 18.9 Å². The molecule has 0 bridgehead atoms. The van der Waals surface area contributed by atoms with Crippen LogP contribution in [0.25, 0.3) is 22.4 Å². The lowest BCUT2D eigenvalue weighted by Gasteiger charge is -2.33. The van der Waals surface area contributed by atoms with Crippen molar-refractivity contribution < 1.29 is 13.9 Å². The van der Waals surface area contributed by atoms with E-state index in [4.69, 9.17) is 14.5 Å². The molecule has 1 aromatic heterocycles. The second-order valence-corrected chi connectivity index (χ2v) is 7.58. The molecule has 0 radical (unpaired) electrons. The zero-order valence-electron chi connectivity index (χ0n) is 16.0. The van der Waals surface area contributed by atoms with Gasteiger partial charge in [0.05, 0.1) is 11.0 Å². The number of hydrogen-bond donors (Lipinski definition) is 0. The standard InChI is InChI=1S/C22H24FN3O2/c1-2-9-25-10-7-17(8-11-25)26-19-5-4-16(23)13-18(19)24-22(26)15-3-6-20-21(12-15)28-14-27-20/h3-6,12-13,17H,2,7-11,14H2,1H3. The Balaban J connectivity index is 1.58. The zero-order valence-corrected chi connectivity index (χ0v) is 16.0. The number of halogens is 1. The van der Waals surface area contributed by atoms with E-state index in [1.807, 2.05) is 24.3 Å². The molecular formula is C22H24FN3O2. The fourth-order valence-electron chi connectivity index (χ4n) is 4.40. The summed E-state index contributed by atoms with van der Waals surface area (Å²) in [5.41, 5.74) is 2.66. The van der Waals surface area contributed by atoms with Gasteiger partial charge in [-0.25, -0.2) is 9.37 Å². The number of imidazole rings is 1. The second kappa shape index (κ2) is 7.09. The molecule has 0 amide bonds. The Kier molecular flexibility index (Phi) is 4.43. The number of ether oxygens (including phenoxy) is 2. The third-order valence-electron chi connectivity index (χ3n) is 5.74. The topological polar surface area (TPSA) is 39.5 Å². The number of rotatable bonds is 4. The predicted octanol–water partition coefficient (Wildman–Crippen LogP) is 4.62. The van der Waals surface area contributed by atoms with E-state index in [1.54, 1.807) is 0 Å². The van der Waals surface area contributed by atoms with Gasteiger partial charge >= 0.3 is 0 Å². The number of benzene rings is 2. The molecule has 0 atom stereocenters. The number of piperidine rings is 1. The molecule has 3 aromatic rings. The summed E-state index contributed by atoms with van der Waals surface area (Å²) in [4.78, 5) is 7.34. The third-order valence-corrected chi connectivity index (χ3v) is 5.74. The van der Waals surface area contributed by atoms with Crippen molar-refractivity contribution in [2.75, 3.05) is 26.4 Å². The molecule has 1 fully saturated rings. The smallest absolute Gasteiger partial charge is 0.231 e. The molecule has 0 saturated carbocycles. The summed E-state index contributed by atoms with van der Waals surface area (Å²) in [5, 5.41) is 0. The van der Waals surface area contributed by atoms with Crippen LogP contribution in [0.2, 0.25) is 0 Å². The van der Waals surface area contributed by atoms with Crippen molar-refractivity contribution in [1.29, 1.82) is 0 Å². The van der Waals surface area contributed by atoms with Crippen LogP contribution in [0.1, 0.15) is 32.2 Å². The van der Waals surface area contributed by atoms with Gasteiger partial charge in [0.25, 0.3) is 0 Å². The molecule has 5 rings (SSSR count). The van der Waals surface area contributed by atoms with E-state index < -0.39 is 0 Å². The van der Waals surface area contributed by atoms with E-state index in [0.717, 1.165) is 60.9 Å². The normalized spacial score (nSPS) is 17.5. The number of nitrogens with zero attached hydrogens (tertiary/aromatic N) is 3. The SMILES string of the molecule is CCCN1CCC(n2c(-c3ccc4c(c3)OCO4)nc3cc(F)ccc32)CC1. The first-order valence-corrected chi connectivity index (χ1v) is 10.0. The van der Waals surface area contributed by atoms with E-state index in [-0.39, 0.29) is 12.6 Å². The van der Waals surface area contributed by atoms with Crippen molar-refractivity contribution in [3.05, 3.63) is 42.2 Å². The molecule has 0 unspecified atom stereocenters. The van der Waals surface area contributed by atoms with Crippen LogP contribution in [-0.4, -0.2) is 40.9 Å². The van der Waals surface area contributed by atoms with Crippen LogP contribution in [0.15, 0.2) is 36.4 Å². The molecule has 2 aliphatic rings. The quantitative estimate of drug-likeness (QED) is 0.661. The Labute approximate surface area is 163 Å². The molecule has 0 N–H and O–H groups in total. The first-order chi connectivity index (χ1) is 13.7. The molecule has 146 valence electrons. The maximum absolute atomic E-state index is 13.8.